The van der Waals surface area contributed by atoms with Crippen LogP contribution in [-0.4, -0.2) is 50.7 Å². The summed E-state index contributed by atoms with van der Waals surface area (Å²) >= 11 is 0. The molecular weight excluding hydrogens is 785 g/mol. The van der Waals surface area contributed by atoms with E-state index >= 15 is 0 Å². The van der Waals surface area contributed by atoms with E-state index in [0.29, 0.717) is 29.6 Å². The number of esters is 1. The van der Waals surface area contributed by atoms with Crippen molar-refractivity contribution < 1.29 is 46.7 Å². The first-order chi connectivity index (χ1) is 28.7. The number of rotatable bonds is 23. The highest BCUT2D eigenvalue weighted by Gasteiger charge is 2.31. The maximum Gasteiger partial charge on any atom is 0.511 e. The van der Waals surface area contributed by atoms with Gasteiger partial charge in [-0.2, -0.15) is 0 Å². The van der Waals surface area contributed by atoms with E-state index in [1.54, 1.807) is 6.92 Å². The molecule has 2 amide bonds. The summed E-state index contributed by atoms with van der Waals surface area (Å²) in [6.07, 6.45) is -1.43. The van der Waals surface area contributed by atoms with Crippen LogP contribution < -0.4 is 15.5 Å². The van der Waals surface area contributed by atoms with Gasteiger partial charge in [0.2, 0.25) is 6.79 Å². The number of urea groups is 1. The summed E-state index contributed by atoms with van der Waals surface area (Å²) in [5.41, 5.74) is 5.62. The van der Waals surface area contributed by atoms with E-state index < -0.39 is 32.8 Å². The van der Waals surface area contributed by atoms with Crippen LogP contribution in [0.2, 0.25) is 0 Å². The fraction of sp³-hybridized carbons (Fsp3) is 0.413. The van der Waals surface area contributed by atoms with Crippen molar-refractivity contribution in [2.45, 2.75) is 86.5 Å². The highest BCUT2D eigenvalue weighted by Crippen LogP contribution is 2.52. The predicted molar refractivity (Wildman–Crippen MR) is 234 cm³/mol. The van der Waals surface area contributed by atoms with E-state index in [2.05, 4.69) is 43.2 Å². The minimum Gasteiger partial charge on any atom is -0.431 e. The fourth-order valence-corrected chi connectivity index (χ4v) is 7.50. The van der Waals surface area contributed by atoms with E-state index in [4.69, 9.17) is 27.8 Å². The van der Waals surface area contributed by atoms with Gasteiger partial charge in [0.05, 0.1) is 31.0 Å². The van der Waals surface area contributed by atoms with Crippen LogP contribution in [-0.2, 0) is 50.4 Å². The molecule has 0 saturated heterocycles. The molecular formula is C46H60N3O10P. The molecule has 4 rings (SSSR count). The van der Waals surface area contributed by atoms with Crippen molar-refractivity contribution in [3.63, 3.8) is 0 Å². The fourth-order valence-electron chi connectivity index (χ4n) is 6.19. The third-order valence-electron chi connectivity index (χ3n) is 9.07. The zero-order valence-electron chi connectivity index (χ0n) is 35.8. The SMILES string of the molecule is CC[C@@H](CC(=O)OCOC(=O)OC[C@H](C)OP(=O)(OCc1ccccc1)OCc1ccccc1)c1ccc(N(CC(C)C)CC(C)C)c(NC(=O)Nc2ccc(C)cc2)c1. The van der Waals surface area contributed by atoms with Crippen molar-refractivity contribution in [2.75, 3.05) is 42.0 Å². The van der Waals surface area contributed by atoms with E-state index in [1.807, 2.05) is 117 Å². The summed E-state index contributed by atoms with van der Waals surface area (Å²) in [4.78, 5) is 41.0. The molecule has 13 nitrogen and oxygen atoms in total. The molecule has 0 fully saturated rings. The van der Waals surface area contributed by atoms with Crippen LogP contribution in [0, 0.1) is 18.8 Å². The lowest BCUT2D eigenvalue weighted by atomic mass is 9.92. The standard InChI is InChI=1S/C46H60N3O10P/c1-8-39(40-21-24-43(49(27-33(2)3)28-34(4)5)42(25-40)48-45(51)47-41-22-19-35(6)20-23-41)26-44(50)55-32-56-46(52)54-29-36(7)59-60(53,57-30-37-15-11-9-12-16-37)58-31-38-17-13-10-14-18-38/h9-25,33-34,36,39H,8,26-32H2,1-7H3,(H2,47,48,51)/t36-,39-/m0/s1. The number of benzene rings is 4. The second-order valence-corrected chi connectivity index (χ2v) is 17.1. The normalized spacial score (nSPS) is 12.4. The molecule has 0 aliphatic carbocycles. The molecule has 2 N–H and O–H groups in total. The van der Waals surface area contributed by atoms with E-state index in [1.165, 1.54) is 0 Å². The van der Waals surface area contributed by atoms with Crippen LogP contribution >= 0.6 is 7.82 Å². The van der Waals surface area contributed by atoms with Gasteiger partial charge < -0.3 is 29.7 Å². The lowest BCUT2D eigenvalue weighted by molar-refractivity contribution is -0.154. The van der Waals surface area contributed by atoms with Crippen LogP contribution in [0.1, 0.15) is 82.6 Å². The maximum atomic E-state index is 13.6. The molecule has 14 heteroatoms. The molecule has 60 heavy (non-hydrogen) atoms. The Morgan fingerprint density at radius 3 is 1.85 bits per heavy atom. The Kier molecular flexibility index (Phi) is 19.1. The topological polar surface area (TPSA) is 151 Å². The Bertz CT molecular complexity index is 1920. The van der Waals surface area contributed by atoms with Gasteiger partial charge in [-0.05, 0) is 79.0 Å². The van der Waals surface area contributed by atoms with Gasteiger partial charge in [0, 0.05) is 18.8 Å². The summed E-state index contributed by atoms with van der Waals surface area (Å²) in [5.74, 6) is -0.0967. The van der Waals surface area contributed by atoms with E-state index in [9.17, 15) is 18.9 Å². The number of hydrogen-bond donors (Lipinski definition) is 2. The number of carbonyl (C=O) groups excluding carboxylic acids is 3. The Balaban J connectivity index is 1.32. The third kappa shape index (κ3) is 16.8. The summed E-state index contributed by atoms with van der Waals surface area (Å²) in [5, 5.41) is 5.97. The molecule has 0 unspecified atom stereocenters. The highest BCUT2D eigenvalue weighted by atomic mass is 31.2. The zero-order valence-corrected chi connectivity index (χ0v) is 36.7. The highest BCUT2D eigenvalue weighted by molar-refractivity contribution is 7.48. The lowest BCUT2D eigenvalue weighted by Gasteiger charge is -2.31. The van der Waals surface area contributed by atoms with Crippen LogP contribution in [0.25, 0.3) is 0 Å². The predicted octanol–water partition coefficient (Wildman–Crippen LogP) is 11.2. The molecule has 4 aromatic rings. The number of phosphoric ester groups is 1. The summed E-state index contributed by atoms with van der Waals surface area (Å²) in [6.45, 7) is 14.6. The van der Waals surface area contributed by atoms with Gasteiger partial charge in [0.15, 0.2) is 0 Å². The summed E-state index contributed by atoms with van der Waals surface area (Å²) in [7, 11) is -4.12. The average Bonchev–Trinajstić information content (AvgIpc) is 3.21. The number of anilines is 3. The smallest absolute Gasteiger partial charge is 0.431 e. The van der Waals surface area contributed by atoms with Crippen molar-refractivity contribution in [3.8, 4) is 0 Å². The van der Waals surface area contributed by atoms with Gasteiger partial charge in [-0.25, -0.2) is 14.2 Å². The van der Waals surface area contributed by atoms with Crippen molar-refractivity contribution in [1.82, 2.24) is 0 Å². The maximum absolute atomic E-state index is 13.6. The Morgan fingerprint density at radius 1 is 0.717 bits per heavy atom. The van der Waals surface area contributed by atoms with Crippen molar-refractivity contribution in [2.24, 2.45) is 11.8 Å². The average molecular weight is 846 g/mol. The third-order valence-corrected chi connectivity index (χ3v) is 10.6. The largest absolute Gasteiger partial charge is 0.511 e. The summed E-state index contributed by atoms with van der Waals surface area (Å²) in [6, 6.07) is 31.3. The second kappa shape index (κ2) is 24.2. The molecule has 0 saturated carbocycles. The van der Waals surface area contributed by atoms with Gasteiger partial charge >= 0.3 is 26.0 Å². The Labute approximate surface area is 354 Å². The molecule has 0 heterocycles. The summed E-state index contributed by atoms with van der Waals surface area (Å²) < 4.78 is 45.9. The van der Waals surface area contributed by atoms with Gasteiger partial charge in [0.25, 0.3) is 0 Å². The van der Waals surface area contributed by atoms with E-state index in [-0.39, 0.29) is 38.2 Å². The number of nitrogens with one attached hydrogen (secondary N) is 2. The number of ether oxygens (including phenoxy) is 3. The number of phosphoric acid groups is 1. The Morgan fingerprint density at radius 2 is 1.30 bits per heavy atom. The lowest BCUT2D eigenvalue weighted by Crippen LogP contribution is -2.32. The molecule has 2 atom stereocenters. The quantitative estimate of drug-likeness (QED) is 0.0417. The van der Waals surface area contributed by atoms with Gasteiger partial charge in [-0.3, -0.25) is 18.4 Å². The molecule has 4 aromatic carbocycles. The first-order valence-electron chi connectivity index (χ1n) is 20.4. The molecule has 0 spiro atoms. The molecule has 0 radical (unpaired) electrons. The van der Waals surface area contributed by atoms with Gasteiger partial charge in [0.1, 0.15) is 12.7 Å². The first-order valence-corrected chi connectivity index (χ1v) is 21.8. The number of carbonyl (C=O) groups is 3. The van der Waals surface area contributed by atoms with E-state index in [0.717, 1.165) is 41.0 Å². The molecule has 0 aliphatic rings. The number of amides is 2. The van der Waals surface area contributed by atoms with Gasteiger partial charge in [-0.1, -0.05) is 119 Å². The van der Waals surface area contributed by atoms with Crippen molar-refractivity contribution in [3.05, 3.63) is 125 Å². The second-order valence-electron chi connectivity index (χ2n) is 15.4. The Hall–Kier alpha value is -5.20. The van der Waals surface area contributed by atoms with Crippen LogP contribution in [0.5, 0.6) is 0 Å². The zero-order chi connectivity index (χ0) is 43.5. The number of hydrogen-bond acceptors (Lipinski definition) is 11. The minimum atomic E-state index is -4.12. The van der Waals surface area contributed by atoms with Crippen molar-refractivity contribution >= 4 is 43.0 Å². The molecule has 0 aromatic heterocycles. The van der Waals surface area contributed by atoms with Crippen LogP contribution in [0.3, 0.4) is 0 Å². The minimum absolute atomic E-state index is 0.00290. The molecule has 0 aliphatic heterocycles. The molecule has 0 bridgehead atoms. The van der Waals surface area contributed by atoms with Crippen LogP contribution in [0.4, 0.5) is 26.7 Å². The number of aryl methyl sites for hydroxylation is 1. The van der Waals surface area contributed by atoms with Crippen molar-refractivity contribution in [1.29, 1.82) is 0 Å². The first kappa shape index (κ1) is 47.5. The molecule has 324 valence electrons. The number of nitrogens with zero attached hydrogens (tertiary/aromatic N) is 1. The van der Waals surface area contributed by atoms with Gasteiger partial charge in [-0.15, -0.1) is 0 Å². The van der Waals surface area contributed by atoms with Crippen LogP contribution in [0.15, 0.2) is 103 Å². The monoisotopic (exact) mass is 845 g/mol.